The largest absolute Gasteiger partial charge is 0.325 e. The Morgan fingerprint density at radius 3 is 2.41 bits per heavy atom. The van der Waals surface area contributed by atoms with Gasteiger partial charge >= 0.3 is 0 Å². The summed E-state index contributed by atoms with van der Waals surface area (Å²) in [6.07, 6.45) is 0. The summed E-state index contributed by atoms with van der Waals surface area (Å²) in [5.41, 5.74) is 5.13. The lowest BCUT2D eigenvalue weighted by Gasteiger charge is -2.18. The molecular weight excluding hydrogens is 418 g/mol. The zero-order chi connectivity index (χ0) is 22.8. The van der Waals surface area contributed by atoms with Gasteiger partial charge in [-0.3, -0.25) is 14.2 Å². The van der Waals surface area contributed by atoms with E-state index in [1.54, 1.807) is 10.6 Å². The highest BCUT2D eigenvalue weighted by Gasteiger charge is 2.21. The van der Waals surface area contributed by atoms with Crippen molar-refractivity contribution in [1.82, 2.24) is 9.55 Å². The smallest absolute Gasteiger partial charge is 0.266 e. The highest BCUT2D eigenvalue weighted by molar-refractivity contribution is 8.00. The maximum atomic E-state index is 13.5. The van der Waals surface area contributed by atoms with Crippen molar-refractivity contribution in [3.05, 3.63) is 93.8 Å². The number of nitrogens with zero attached hydrogens (tertiary/aromatic N) is 2. The molecule has 0 saturated heterocycles. The molecule has 3 aromatic carbocycles. The summed E-state index contributed by atoms with van der Waals surface area (Å²) in [5.74, 6) is -0.140. The Labute approximate surface area is 191 Å². The van der Waals surface area contributed by atoms with E-state index in [-0.39, 0.29) is 11.5 Å². The van der Waals surface area contributed by atoms with Gasteiger partial charge in [-0.2, -0.15) is 0 Å². The second kappa shape index (κ2) is 9.01. The van der Waals surface area contributed by atoms with Gasteiger partial charge in [-0.15, -0.1) is 0 Å². The quantitative estimate of drug-likeness (QED) is 0.330. The summed E-state index contributed by atoms with van der Waals surface area (Å²) >= 11 is 1.28. The number of nitrogens with one attached hydrogen (secondary N) is 1. The summed E-state index contributed by atoms with van der Waals surface area (Å²) in [6.45, 7) is 7.79. The lowest BCUT2D eigenvalue weighted by Crippen LogP contribution is -2.27. The number of anilines is 1. The molecule has 0 spiro atoms. The van der Waals surface area contributed by atoms with E-state index in [1.165, 1.54) is 11.8 Å². The summed E-state index contributed by atoms with van der Waals surface area (Å²) in [5, 5.41) is 3.57. The van der Waals surface area contributed by atoms with Gasteiger partial charge in [-0.05, 0) is 68.7 Å². The van der Waals surface area contributed by atoms with E-state index in [1.807, 2.05) is 88.4 Å². The number of thioether (sulfide) groups is 1. The molecule has 4 aromatic rings. The molecule has 4 rings (SSSR count). The van der Waals surface area contributed by atoms with Crippen molar-refractivity contribution in [1.29, 1.82) is 0 Å². The highest BCUT2D eigenvalue weighted by atomic mass is 32.2. The van der Waals surface area contributed by atoms with Gasteiger partial charge in [0.15, 0.2) is 5.16 Å². The number of carbonyl (C=O) groups excluding carboxylic acids is 1. The van der Waals surface area contributed by atoms with Crippen LogP contribution in [0.5, 0.6) is 0 Å². The lowest BCUT2D eigenvalue weighted by molar-refractivity contribution is -0.115. The summed E-state index contributed by atoms with van der Waals surface area (Å²) in [4.78, 5) is 31.2. The second-order valence-corrected chi connectivity index (χ2v) is 9.14. The van der Waals surface area contributed by atoms with Crippen molar-refractivity contribution < 1.29 is 4.79 Å². The third-order valence-electron chi connectivity index (χ3n) is 5.62. The topological polar surface area (TPSA) is 64.0 Å². The molecule has 32 heavy (non-hydrogen) atoms. The van der Waals surface area contributed by atoms with Gasteiger partial charge in [0, 0.05) is 5.69 Å². The molecule has 0 saturated carbocycles. The zero-order valence-electron chi connectivity index (χ0n) is 18.5. The molecule has 0 aliphatic heterocycles. The van der Waals surface area contributed by atoms with Gasteiger partial charge in [0.1, 0.15) is 0 Å². The van der Waals surface area contributed by atoms with Crippen LogP contribution in [0.15, 0.2) is 76.7 Å². The summed E-state index contributed by atoms with van der Waals surface area (Å²) in [6, 6.07) is 20.8. The van der Waals surface area contributed by atoms with Crippen LogP contribution in [0.1, 0.15) is 23.6 Å². The molecule has 1 heterocycles. The lowest BCUT2D eigenvalue weighted by atomic mass is 10.1. The maximum absolute atomic E-state index is 13.5. The Morgan fingerprint density at radius 2 is 1.62 bits per heavy atom. The van der Waals surface area contributed by atoms with Crippen molar-refractivity contribution in [3.63, 3.8) is 0 Å². The first-order valence-corrected chi connectivity index (χ1v) is 11.4. The number of hydrogen-bond acceptors (Lipinski definition) is 4. The van der Waals surface area contributed by atoms with E-state index < -0.39 is 5.25 Å². The number of carbonyl (C=O) groups is 1. The number of benzene rings is 3. The van der Waals surface area contributed by atoms with Crippen LogP contribution in [0.4, 0.5) is 5.69 Å². The molecule has 1 N–H and O–H groups in total. The molecule has 1 atom stereocenters. The molecule has 1 aromatic heterocycles. The molecule has 0 radical (unpaired) electrons. The Morgan fingerprint density at radius 1 is 0.938 bits per heavy atom. The van der Waals surface area contributed by atoms with E-state index in [0.717, 1.165) is 28.1 Å². The third kappa shape index (κ3) is 4.18. The van der Waals surface area contributed by atoms with E-state index in [4.69, 9.17) is 4.98 Å². The van der Waals surface area contributed by atoms with Crippen LogP contribution in [0, 0.1) is 20.8 Å². The van der Waals surface area contributed by atoms with Gasteiger partial charge in [0.25, 0.3) is 5.56 Å². The van der Waals surface area contributed by atoms with E-state index >= 15 is 0 Å². The van der Waals surface area contributed by atoms with Gasteiger partial charge in [0.2, 0.25) is 5.91 Å². The molecule has 5 nitrogen and oxygen atoms in total. The van der Waals surface area contributed by atoms with Crippen molar-refractivity contribution >= 4 is 34.3 Å². The predicted octanol–water partition coefficient (Wildman–Crippen LogP) is 5.43. The highest BCUT2D eigenvalue weighted by Crippen LogP contribution is 2.28. The molecule has 0 fully saturated rings. The first-order valence-electron chi connectivity index (χ1n) is 10.5. The Bertz CT molecular complexity index is 1380. The second-order valence-electron chi connectivity index (χ2n) is 7.84. The van der Waals surface area contributed by atoms with E-state index in [0.29, 0.717) is 16.1 Å². The van der Waals surface area contributed by atoms with Crippen LogP contribution in [-0.4, -0.2) is 20.7 Å². The zero-order valence-corrected chi connectivity index (χ0v) is 19.4. The molecule has 0 aliphatic rings. The minimum absolute atomic E-state index is 0.140. The van der Waals surface area contributed by atoms with E-state index in [2.05, 4.69) is 5.32 Å². The average molecular weight is 444 g/mol. The number of amides is 1. The predicted molar refractivity (Wildman–Crippen MR) is 132 cm³/mol. The number of hydrogen-bond donors (Lipinski definition) is 1. The first kappa shape index (κ1) is 21.8. The van der Waals surface area contributed by atoms with Crippen molar-refractivity contribution in [2.75, 3.05) is 5.32 Å². The Hall–Kier alpha value is -3.38. The molecule has 0 bridgehead atoms. The summed E-state index contributed by atoms with van der Waals surface area (Å²) < 4.78 is 1.63. The maximum Gasteiger partial charge on any atom is 0.266 e. The fraction of sp³-hybridized carbons (Fsp3) is 0.192. The van der Waals surface area contributed by atoms with E-state index in [9.17, 15) is 9.59 Å². The fourth-order valence-electron chi connectivity index (χ4n) is 3.54. The molecule has 162 valence electrons. The fourth-order valence-corrected chi connectivity index (χ4v) is 4.46. The molecular formula is C26H25N3O2S. The number of para-hydroxylation sites is 2. The monoisotopic (exact) mass is 443 g/mol. The standard InChI is InChI=1S/C26H25N3O2S/c1-16-11-9-15-23(18(16)3)29-25(31)20-12-6-8-14-22(20)28-26(29)32-19(4)24(30)27-21-13-7-5-10-17(21)2/h5-15,19H,1-4H3,(H,27,30). The molecule has 0 aliphatic carbocycles. The van der Waals surface area contributed by atoms with Crippen LogP contribution in [0.25, 0.3) is 16.6 Å². The number of aromatic nitrogens is 2. The normalized spacial score (nSPS) is 12.0. The summed E-state index contributed by atoms with van der Waals surface area (Å²) in [7, 11) is 0. The number of fused-ring (bicyclic) bond motifs is 1. The van der Waals surface area contributed by atoms with Gasteiger partial charge in [0.05, 0.1) is 21.8 Å². The Kier molecular flexibility index (Phi) is 6.15. The van der Waals surface area contributed by atoms with Crippen molar-refractivity contribution in [2.24, 2.45) is 0 Å². The minimum atomic E-state index is -0.459. The third-order valence-corrected chi connectivity index (χ3v) is 6.67. The van der Waals surface area contributed by atoms with Crippen molar-refractivity contribution in [2.45, 2.75) is 38.1 Å². The van der Waals surface area contributed by atoms with Crippen LogP contribution in [0.3, 0.4) is 0 Å². The van der Waals surface area contributed by atoms with Gasteiger partial charge < -0.3 is 5.32 Å². The van der Waals surface area contributed by atoms with Crippen LogP contribution in [0.2, 0.25) is 0 Å². The van der Waals surface area contributed by atoms with Crippen LogP contribution in [-0.2, 0) is 4.79 Å². The first-order chi connectivity index (χ1) is 15.4. The molecule has 1 amide bonds. The minimum Gasteiger partial charge on any atom is -0.325 e. The SMILES string of the molecule is Cc1ccccc1NC(=O)C(C)Sc1nc2ccccc2c(=O)n1-c1cccc(C)c1C. The van der Waals surface area contributed by atoms with Crippen molar-refractivity contribution in [3.8, 4) is 5.69 Å². The van der Waals surface area contributed by atoms with Gasteiger partial charge in [-0.25, -0.2) is 4.98 Å². The van der Waals surface area contributed by atoms with Gasteiger partial charge in [-0.1, -0.05) is 54.2 Å². The number of rotatable bonds is 5. The molecule has 1 unspecified atom stereocenters. The molecule has 6 heteroatoms. The number of aryl methyl sites for hydroxylation is 2. The van der Waals surface area contributed by atoms with Crippen LogP contribution < -0.4 is 10.9 Å². The van der Waals surface area contributed by atoms with Crippen LogP contribution >= 0.6 is 11.8 Å². The Balaban J connectivity index is 1.77. The average Bonchev–Trinajstić information content (AvgIpc) is 2.78.